The summed E-state index contributed by atoms with van der Waals surface area (Å²) in [7, 11) is 0. The van der Waals surface area contributed by atoms with Crippen LogP contribution in [0, 0.1) is 0 Å². The molecule has 1 heterocycles. The van der Waals surface area contributed by atoms with E-state index in [0.717, 1.165) is 12.8 Å². The van der Waals surface area contributed by atoms with E-state index in [9.17, 15) is 19.8 Å². The molecule has 0 radical (unpaired) electrons. The van der Waals surface area contributed by atoms with Crippen molar-refractivity contribution in [1.82, 2.24) is 4.90 Å². The number of nitrogens with zero attached hydrogens (tertiary/aromatic N) is 1. The van der Waals surface area contributed by atoms with E-state index in [1.54, 1.807) is 0 Å². The quantitative estimate of drug-likeness (QED) is 0.744. The van der Waals surface area contributed by atoms with Gasteiger partial charge in [-0.25, -0.2) is 4.79 Å². The number of carboxylic acids is 1. The number of carbonyl (C=O) groups is 2. The highest BCUT2D eigenvalue weighted by Gasteiger charge is 2.43. The lowest BCUT2D eigenvalue weighted by atomic mass is 10.0. The van der Waals surface area contributed by atoms with Crippen LogP contribution < -0.4 is 0 Å². The first kappa shape index (κ1) is 15.5. The van der Waals surface area contributed by atoms with E-state index >= 15 is 0 Å². The number of hydrogen-bond donors (Lipinski definition) is 2. The summed E-state index contributed by atoms with van der Waals surface area (Å²) in [5.41, 5.74) is 0.662. The van der Waals surface area contributed by atoms with Gasteiger partial charge >= 0.3 is 5.97 Å². The third-order valence-corrected chi connectivity index (χ3v) is 3.70. The number of rotatable bonds is 7. The summed E-state index contributed by atoms with van der Waals surface area (Å²) < 4.78 is 0. The molecule has 1 rings (SSSR count). The van der Waals surface area contributed by atoms with Crippen LogP contribution in [0.2, 0.25) is 0 Å². The maximum atomic E-state index is 12.1. The summed E-state index contributed by atoms with van der Waals surface area (Å²) in [5.74, 6) is -1.78. The van der Waals surface area contributed by atoms with Gasteiger partial charge in [0.1, 0.15) is 6.04 Å². The predicted octanol–water partition coefficient (Wildman–Crippen LogP) is 2.47. The van der Waals surface area contributed by atoms with Gasteiger partial charge in [-0.15, -0.1) is 0 Å². The zero-order valence-corrected chi connectivity index (χ0v) is 11.8. The van der Waals surface area contributed by atoms with Crippen molar-refractivity contribution >= 4 is 11.9 Å². The van der Waals surface area contributed by atoms with Crippen LogP contribution >= 0.6 is 0 Å². The van der Waals surface area contributed by atoms with Crippen molar-refractivity contribution in [3.05, 3.63) is 11.3 Å². The molecule has 0 aromatic carbocycles. The lowest BCUT2D eigenvalue weighted by molar-refractivity contribution is -0.150. The van der Waals surface area contributed by atoms with Crippen LogP contribution in [0.4, 0.5) is 0 Å². The van der Waals surface area contributed by atoms with E-state index in [2.05, 4.69) is 0 Å². The van der Waals surface area contributed by atoms with Crippen LogP contribution in [0.25, 0.3) is 0 Å². The molecule has 1 aliphatic rings. The number of aliphatic hydroxyl groups is 1. The maximum Gasteiger partial charge on any atom is 0.326 e. The first-order valence-electron chi connectivity index (χ1n) is 6.96. The number of carboxylic acid groups (broad SMARTS) is 1. The molecule has 1 amide bonds. The van der Waals surface area contributed by atoms with Gasteiger partial charge in [0, 0.05) is 0 Å². The fourth-order valence-corrected chi connectivity index (χ4v) is 2.71. The van der Waals surface area contributed by atoms with Crippen LogP contribution in [0.3, 0.4) is 0 Å². The molecule has 5 nitrogen and oxygen atoms in total. The first-order chi connectivity index (χ1) is 8.99. The van der Waals surface area contributed by atoms with Crippen molar-refractivity contribution in [2.24, 2.45) is 0 Å². The summed E-state index contributed by atoms with van der Waals surface area (Å²) in [6.07, 6.45) is 3.24. The lowest BCUT2D eigenvalue weighted by Gasteiger charge is -2.31. The standard InChI is InChI=1S/C14H23NO4/c1-4-7-8-11(14(18)19)15-10(6-3)9(5-2)12(16)13(15)17/h10-11,16H,4-8H2,1-3H3,(H,18,19). The summed E-state index contributed by atoms with van der Waals surface area (Å²) in [4.78, 5) is 24.9. The first-order valence-corrected chi connectivity index (χ1v) is 6.96. The van der Waals surface area contributed by atoms with Crippen LogP contribution in [0.1, 0.15) is 52.9 Å². The van der Waals surface area contributed by atoms with Gasteiger partial charge in [-0.1, -0.05) is 33.6 Å². The van der Waals surface area contributed by atoms with Gasteiger partial charge in [-0.2, -0.15) is 0 Å². The van der Waals surface area contributed by atoms with Crippen LogP contribution in [0.5, 0.6) is 0 Å². The number of hydrogen-bond acceptors (Lipinski definition) is 3. The van der Waals surface area contributed by atoms with Crippen LogP contribution in [0.15, 0.2) is 11.3 Å². The topological polar surface area (TPSA) is 77.8 Å². The smallest absolute Gasteiger partial charge is 0.326 e. The van der Waals surface area contributed by atoms with Crippen molar-refractivity contribution in [3.63, 3.8) is 0 Å². The minimum Gasteiger partial charge on any atom is -0.503 e. The number of amides is 1. The fourth-order valence-electron chi connectivity index (χ4n) is 2.71. The number of unbranched alkanes of at least 4 members (excludes halogenated alkanes) is 1. The Labute approximate surface area is 113 Å². The molecular weight excluding hydrogens is 246 g/mol. The van der Waals surface area contributed by atoms with E-state index in [0.29, 0.717) is 24.8 Å². The van der Waals surface area contributed by atoms with Gasteiger partial charge in [-0.3, -0.25) is 4.79 Å². The molecule has 1 aliphatic heterocycles. The molecule has 2 atom stereocenters. The zero-order chi connectivity index (χ0) is 14.6. The predicted molar refractivity (Wildman–Crippen MR) is 71.8 cm³/mol. The summed E-state index contributed by atoms with van der Waals surface area (Å²) in [6, 6.07) is -1.13. The molecule has 0 saturated carbocycles. The van der Waals surface area contributed by atoms with Gasteiger partial charge in [0.25, 0.3) is 5.91 Å². The lowest BCUT2D eigenvalue weighted by Crippen LogP contribution is -2.47. The van der Waals surface area contributed by atoms with Gasteiger partial charge in [0.15, 0.2) is 5.76 Å². The Bertz CT molecular complexity index is 389. The molecule has 0 fully saturated rings. The monoisotopic (exact) mass is 269 g/mol. The fraction of sp³-hybridized carbons (Fsp3) is 0.714. The van der Waals surface area contributed by atoms with Gasteiger partial charge in [0.2, 0.25) is 0 Å². The van der Waals surface area contributed by atoms with E-state index in [-0.39, 0.29) is 11.8 Å². The minimum absolute atomic E-state index is 0.253. The van der Waals surface area contributed by atoms with Gasteiger partial charge in [-0.05, 0) is 24.8 Å². The molecule has 2 unspecified atom stereocenters. The number of aliphatic hydroxyl groups excluding tert-OH is 1. The molecule has 0 saturated heterocycles. The van der Waals surface area contributed by atoms with Gasteiger partial charge < -0.3 is 15.1 Å². The Morgan fingerprint density at radius 1 is 1.37 bits per heavy atom. The highest BCUT2D eigenvalue weighted by molar-refractivity contribution is 5.97. The molecule has 0 aromatic rings. The highest BCUT2D eigenvalue weighted by Crippen LogP contribution is 2.32. The molecular formula is C14H23NO4. The van der Waals surface area contributed by atoms with E-state index in [1.807, 2.05) is 20.8 Å². The average molecular weight is 269 g/mol. The Morgan fingerprint density at radius 2 is 2.00 bits per heavy atom. The second kappa shape index (κ2) is 6.59. The van der Waals surface area contributed by atoms with Crippen molar-refractivity contribution in [1.29, 1.82) is 0 Å². The molecule has 0 aliphatic carbocycles. The maximum absolute atomic E-state index is 12.1. The van der Waals surface area contributed by atoms with E-state index in [1.165, 1.54) is 4.90 Å². The Morgan fingerprint density at radius 3 is 2.42 bits per heavy atom. The Hall–Kier alpha value is -1.52. The average Bonchev–Trinajstić information content (AvgIpc) is 2.62. The summed E-state index contributed by atoms with van der Waals surface area (Å²) in [6.45, 7) is 5.75. The second-order valence-corrected chi connectivity index (χ2v) is 4.86. The number of carbonyl (C=O) groups excluding carboxylic acids is 1. The highest BCUT2D eigenvalue weighted by atomic mass is 16.4. The minimum atomic E-state index is -0.995. The van der Waals surface area contributed by atoms with Crippen molar-refractivity contribution in [2.75, 3.05) is 0 Å². The van der Waals surface area contributed by atoms with Crippen molar-refractivity contribution in [3.8, 4) is 0 Å². The molecule has 0 bridgehead atoms. The largest absolute Gasteiger partial charge is 0.503 e. The number of aliphatic carboxylic acids is 1. The van der Waals surface area contributed by atoms with Gasteiger partial charge in [0.05, 0.1) is 6.04 Å². The molecule has 2 N–H and O–H groups in total. The Balaban J connectivity index is 3.03. The van der Waals surface area contributed by atoms with Crippen LogP contribution in [-0.2, 0) is 9.59 Å². The second-order valence-electron chi connectivity index (χ2n) is 4.86. The summed E-state index contributed by atoms with van der Waals surface area (Å²) >= 11 is 0. The molecule has 0 aromatic heterocycles. The normalized spacial score (nSPS) is 21.1. The third-order valence-electron chi connectivity index (χ3n) is 3.70. The van der Waals surface area contributed by atoms with E-state index < -0.39 is 17.9 Å². The van der Waals surface area contributed by atoms with Crippen LogP contribution in [-0.4, -0.2) is 39.1 Å². The SMILES string of the molecule is CCCCC(C(=O)O)N1C(=O)C(O)=C(CC)C1CC. The summed E-state index contributed by atoms with van der Waals surface area (Å²) in [5, 5.41) is 19.2. The molecule has 19 heavy (non-hydrogen) atoms. The zero-order valence-electron chi connectivity index (χ0n) is 11.8. The molecule has 108 valence electrons. The van der Waals surface area contributed by atoms with Crippen molar-refractivity contribution < 1.29 is 19.8 Å². The van der Waals surface area contributed by atoms with E-state index in [4.69, 9.17) is 0 Å². The molecule has 0 spiro atoms. The third kappa shape index (κ3) is 2.91. The Kier molecular flexibility index (Phi) is 5.39. The molecule has 5 heteroatoms. The van der Waals surface area contributed by atoms with Crippen molar-refractivity contribution in [2.45, 2.75) is 65.0 Å².